The Bertz CT molecular complexity index is 2650. The maximum absolute atomic E-state index is 16.8. The van der Waals surface area contributed by atoms with Crippen molar-refractivity contribution in [1.29, 1.82) is 0 Å². The molecule has 2 aliphatic rings. The van der Waals surface area contributed by atoms with E-state index in [1.807, 2.05) is 60.7 Å². The first kappa shape index (κ1) is 42.5. The van der Waals surface area contributed by atoms with Crippen LogP contribution in [-0.2, 0) is 27.1 Å². The van der Waals surface area contributed by atoms with Gasteiger partial charge in [-0.1, -0.05) is 36.4 Å². The van der Waals surface area contributed by atoms with E-state index in [4.69, 9.17) is 18.9 Å². The van der Waals surface area contributed by atoms with Gasteiger partial charge in [0.15, 0.2) is 5.78 Å². The number of hydrogen-bond acceptors (Lipinski definition) is 15. The molecule has 336 valence electrons. The number of hydrogen-bond donors (Lipinski definition) is 0. The predicted octanol–water partition coefficient (Wildman–Crippen LogP) is 4.27. The Morgan fingerprint density at radius 2 is 0.939 bits per heavy atom. The summed E-state index contributed by atoms with van der Waals surface area (Å²) in [5.41, 5.74) is 6.39. The van der Waals surface area contributed by atoms with Crippen LogP contribution in [0.4, 0.5) is 0 Å². The fourth-order valence-corrected chi connectivity index (χ4v) is 9.16. The number of carbonyl (C=O) groups is 1. The van der Waals surface area contributed by atoms with E-state index in [-0.39, 0.29) is 17.9 Å². The number of benzene rings is 4. The zero-order chi connectivity index (χ0) is 44.8. The molecule has 0 bridgehead atoms. The smallest absolute Gasteiger partial charge is 0.176 e. The van der Waals surface area contributed by atoms with Gasteiger partial charge in [0, 0.05) is 48.4 Å². The van der Waals surface area contributed by atoms with Crippen LogP contribution in [-0.4, -0.2) is 141 Å². The van der Waals surface area contributed by atoms with Gasteiger partial charge in [-0.05, 0) is 60.4 Å². The van der Waals surface area contributed by atoms with Crippen molar-refractivity contribution < 1.29 is 23.7 Å². The summed E-state index contributed by atoms with van der Waals surface area (Å²) in [7, 11) is 3.24. The summed E-state index contributed by atoms with van der Waals surface area (Å²) in [4.78, 5) is 27.7. The van der Waals surface area contributed by atoms with Crippen molar-refractivity contribution in [3.63, 3.8) is 0 Å². The van der Waals surface area contributed by atoms with E-state index in [2.05, 4.69) is 74.9 Å². The molecule has 4 aromatic heterocycles. The number of ether oxygens (including phenoxy) is 4. The van der Waals surface area contributed by atoms with Crippen LogP contribution in [0.2, 0.25) is 0 Å². The fraction of sp³-hybridized carbons (Fsp3) is 0.298. The second-order valence-corrected chi connectivity index (χ2v) is 16.0. The molecule has 0 saturated carbocycles. The molecular formula is C47H48N14O5. The highest BCUT2D eigenvalue weighted by Gasteiger charge is 2.45. The van der Waals surface area contributed by atoms with Gasteiger partial charge in [0.1, 0.15) is 11.5 Å². The number of Topliss-reactive ketones (excluding diaryl/α,β-unsaturated/α-hetero) is 1. The molecule has 4 aromatic carbocycles. The van der Waals surface area contributed by atoms with Gasteiger partial charge < -0.3 is 18.9 Å². The number of carbonyl (C=O) groups excluding carboxylic acids is 1. The minimum Gasteiger partial charge on any atom is -0.497 e. The van der Waals surface area contributed by atoms with E-state index in [9.17, 15) is 0 Å². The number of morpholine rings is 2. The molecule has 2 fully saturated rings. The van der Waals surface area contributed by atoms with Crippen molar-refractivity contribution in [1.82, 2.24) is 69.8 Å². The highest BCUT2D eigenvalue weighted by molar-refractivity contribution is 5.93. The van der Waals surface area contributed by atoms with Gasteiger partial charge in [-0.25, -0.2) is 0 Å². The molecule has 2 aliphatic heterocycles. The average molecular weight is 889 g/mol. The van der Waals surface area contributed by atoms with E-state index < -0.39 is 12.1 Å². The highest BCUT2D eigenvalue weighted by Crippen LogP contribution is 2.41. The van der Waals surface area contributed by atoms with Crippen molar-refractivity contribution in [3.05, 3.63) is 157 Å². The van der Waals surface area contributed by atoms with Crippen LogP contribution in [0, 0.1) is 0 Å². The van der Waals surface area contributed by atoms with Crippen LogP contribution in [0.1, 0.15) is 34.3 Å². The molecule has 2 unspecified atom stereocenters. The number of nitrogens with zero attached hydrogens (tertiary/aromatic N) is 14. The second-order valence-electron chi connectivity index (χ2n) is 16.0. The topological polar surface area (TPSA) is 183 Å². The number of aromatic nitrogens is 12. The Balaban J connectivity index is 1.13. The number of rotatable bonds is 16. The molecule has 66 heavy (non-hydrogen) atoms. The summed E-state index contributed by atoms with van der Waals surface area (Å²) in [6.45, 7) is 2.53. The predicted molar refractivity (Wildman–Crippen MR) is 239 cm³/mol. The molecule has 10 rings (SSSR count). The van der Waals surface area contributed by atoms with Crippen LogP contribution in [0.25, 0.3) is 22.7 Å². The SMILES string of the molecule is COc1ccc(C(C(=O)C(c2ccc(OC)cc2-n2nccn2)N2CCOC[C@H]2Cc2cccc(-n3nccn3)c2)N2CCOC[C@H]2Cc2cccc(-n3nccn3)c2)c(-n2nccn2)c1. The first-order chi connectivity index (χ1) is 32.5. The quantitative estimate of drug-likeness (QED) is 0.134. The molecule has 0 spiro atoms. The molecule has 4 atom stereocenters. The summed E-state index contributed by atoms with van der Waals surface area (Å²) in [6.07, 6.45) is 14.3. The van der Waals surface area contributed by atoms with Crippen molar-refractivity contribution in [2.24, 2.45) is 0 Å². The molecule has 0 radical (unpaired) electrons. The normalized spacial score (nSPS) is 17.9. The first-order valence-corrected chi connectivity index (χ1v) is 21.8. The zero-order valence-corrected chi connectivity index (χ0v) is 36.5. The van der Waals surface area contributed by atoms with Crippen molar-refractivity contribution in [3.8, 4) is 34.2 Å². The lowest BCUT2D eigenvalue weighted by Gasteiger charge is -2.46. The van der Waals surface area contributed by atoms with Crippen molar-refractivity contribution in [2.75, 3.05) is 53.7 Å². The zero-order valence-electron chi connectivity index (χ0n) is 36.5. The monoisotopic (exact) mass is 888 g/mol. The third-order valence-electron chi connectivity index (χ3n) is 12.1. The summed E-state index contributed by atoms with van der Waals surface area (Å²) in [5.74, 6) is 1.12. The van der Waals surface area contributed by atoms with Crippen LogP contribution in [0.3, 0.4) is 0 Å². The summed E-state index contributed by atoms with van der Waals surface area (Å²) in [5, 5.41) is 35.8. The standard InChI is InChI=1S/C47H48N14O5/c1-63-39-9-11-41(43(29-39)60-52-17-18-53-60)45(56-21-23-65-31-37(56)27-33-5-3-7-35(25-33)58-48-13-14-49-58)47(62)46(42-12-10-40(64-2)30-44(42)61-54-19-20-55-61)57-22-24-66-32-38(57)28-34-6-4-8-36(26-34)59-50-15-16-51-59/h3-20,25-26,29-30,37-38,45-46H,21-24,27-28,31-32H2,1-2H3/t37-,38-,45?,46?/m1/s1. The lowest BCUT2D eigenvalue weighted by atomic mass is 9.86. The molecular weight excluding hydrogens is 841 g/mol. The third-order valence-corrected chi connectivity index (χ3v) is 12.1. The molecule has 2 saturated heterocycles. The van der Waals surface area contributed by atoms with E-state index in [1.165, 1.54) is 0 Å². The second kappa shape index (κ2) is 19.3. The average Bonchev–Trinajstić information content (AvgIpc) is 4.23. The summed E-state index contributed by atoms with van der Waals surface area (Å²) >= 11 is 0. The molecule has 0 N–H and O–H groups in total. The molecule has 19 heteroatoms. The maximum Gasteiger partial charge on any atom is 0.176 e. The van der Waals surface area contributed by atoms with Crippen LogP contribution < -0.4 is 9.47 Å². The van der Waals surface area contributed by atoms with E-state index in [1.54, 1.807) is 83.0 Å². The number of methoxy groups -OCH3 is 2. The van der Waals surface area contributed by atoms with E-state index in [0.29, 0.717) is 86.4 Å². The Morgan fingerprint density at radius 1 is 0.545 bits per heavy atom. The van der Waals surface area contributed by atoms with Crippen molar-refractivity contribution >= 4 is 5.78 Å². The lowest BCUT2D eigenvalue weighted by molar-refractivity contribution is -0.138. The number of ketones is 1. The summed E-state index contributed by atoms with van der Waals surface area (Å²) in [6, 6.07) is 25.5. The lowest BCUT2D eigenvalue weighted by Crippen LogP contribution is -2.55. The van der Waals surface area contributed by atoms with Gasteiger partial charge in [0.05, 0.1) is 125 Å². The van der Waals surface area contributed by atoms with Crippen LogP contribution >= 0.6 is 0 Å². The van der Waals surface area contributed by atoms with Crippen molar-refractivity contribution in [2.45, 2.75) is 37.0 Å². The maximum atomic E-state index is 16.8. The molecule has 19 nitrogen and oxygen atoms in total. The highest BCUT2D eigenvalue weighted by atomic mass is 16.5. The van der Waals surface area contributed by atoms with E-state index >= 15 is 4.79 Å². The largest absolute Gasteiger partial charge is 0.497 e. The molecule has 6 heterocycles. The van der Waals surface area contributed by atoms with Gasteiger partial charge in [0.25, 0.3) is 0 Å². The van der Waals surface area contributed by atoms with Gasteiger partial charge in [-0.15, -0.1) is 0 Å². The molecule has 8 aromatic rings. The fourth-order valence-electron chi connectivity index (χ4n) is 9.16. The first-order valence-electron chi connectivity index (χ1n) is 21.8. The van der Waals surface area contributed by atoms with Gasteiger partial charge >= 0.3 is 0 Å². The third kappa shape index (κ3) is 8.83. The molecule has 0 amide bonds. The van der Waals surface area contributed by atoms with Crippen LogP contribution in [0.15, 0.2) is 135 Å². The minimum atomic E-state index is -0.856. The Labute approximate surface area is 380 Å². The van der Waals surface area contributed by atoms with Gasteiger partial charge in [-0.3, -0.25) is 14.6 Å². The van der Waals surface area contributed by atoms with E-state index in [0.717, 1.165) is 22.5 Å². The van der Waals surface area contributed by atoms with Gasteiger partial charge in [-0.2, -0.15) is 60.0 Å². The minimum absolute atomic E-state index is 0.0741. The Morgan fingerprint density at radius 3 is 1.33 bits per heavy atom. The molecule has 0 aliphatic carbocycles. The Kier molecular flexibility index (Phi) is 12.5. The van der Waals surface area contributed by atoms with Gasteiger partial charge in [0.2, 0.25) is 0 Å². The Hall–Kier alpha value is -7.45. The summed E-state index contributed by atoms with van der Waals surface area (Å²) < 4.78 is 24.1. The van der Waals surface area contributed by atoms with Crippen LogP contribution in [0.5, 0.6) is 11.5 Å².